The predicted octanol–water partition coefficient (Wildman–Crippen LogP) is 2.09. The lowest BCUT2D eigenvalue weighted by molar-refractivity contribution is 0.0651. The first-order valence-corrected chi connectivity index (χ1v) is 4.72. The van der Waals surface area contributed by atoms with E-state index in [-0.39, 0.29) is 24.1 Å². The Bertz CT molecular complexity index is 521. The summed E-state index contributed by atoms with van der Waals surface area (Å²) in [7, 11) is 0. The molecule has 0 radical (unpaired) electrons. The fourth-order valence-electron chi connectivity index (χ4n) is 1.17. The van der Waals surface area contributed by atoms with E-state index < -0.39 is 5.97 Å². The van der Waals surface area contributed by atoms with Gasteiger partial charge in [-0.15, -0.1) is 0 Å². The van der Waals surface area contributed by atoms with Gasteiger partial charge in [-0.1, -0.05) is 12.1 Å². The Balaban J connectivity index is 1.97. The molecule has 0 fully saturated rings. The Morgan fingerprint density at radius 2 is 2.12 bits per heavy atom. The molecule has 0 saturated heterocycles. The van der Waals surface area contributed by atoms with Crippen LogP contribution in [0.2, 0.25) is 0 Å². The Hall–Kier alpha value is -2.37. The van der Waals surface area contributed by atoms with Gasteiger partial charge in [0.15, 0.2) is 0 Å². The smallest absolute Gasteiger partial charge is 0.374 e. The van der Waals surface area contributed by atoms with E-state index in [1.165, 1.54) is 18.2 Å². The van der Waals surface area contributed by atoms with Gasteiger partial charge in [-0.25, -0.2) is 9.18 Å². The number of rotatable bonds is 4. The molecule has 0 aliphatic carbocycles. The molecular formula is C11H8FNO4. The summed E-state index contributed by atoms with van der Waals surface area (Å²) in [4.78, 5) is 10.5. The van der Waals surface area contributed by atoms with Crippen LogP contribution >= 0.6 is 0 Å². The Kier molecular flexibility index (Phi) is 3.04. The van der Waals surface area contributed by atoms with E-state index in [2.05, 4.69) is 9.68 Å². The monoisotopic (exact) mass is 237 g/mol. The van der Waals surface area contributed by atoms with Gasteiger partial charge in [-0.3, -0.25) is 0 Å². The number of carbonyl (C=O) groups is 1. The van der Waals surface area contributed by atoms with Crippen molar-refractivity contribution in [2.45, 2.75) is 6.61 Å². The first-order valence-electron chi connectivity index (χ1n) is 4.72. The molecular weight excluding hydrogens is 229 g/mol. The number of hydrogen-bond acceptors (Lipinski definition) is 4. The average molecular weight is 237 g/mol. The van der Waals surface area contributed by atoms with Crippen molar-refractivity contribution in [3.8, 4) is 5.88 Å². The standard InChI is InChI=1S/C11H8FNO4/c12-8-3-1-7(2-4-8)6-16-10-5-9(11(14)15)17-13-10/h1-5H,6H2,(H,14,15). The third-order valence-electron chi connectivity index (χ3n) is 2.00. The molecule has 2 aromatic rings. The molecule has 5 nitrogen and oxygen atoms in total. The van der Waals surface area contributed by atoms with Crippen LogP contribution in [0, 0.1) is 5.82 Å². The number of carboxylic acids is 1. The number of ether oxygens (including phenoxy) is 1. The highest BCUT2D eigenvalue weighted by atomic mass is 19.1. The summed E-state index contributed by atoms with van der Waals surface area (Å²) in [5, 5.41) is 12.0. The van der Waals surface area contributed by atoms with E-state index in [4.69, 9.17) is 9.84 Å². The third kappa shape index (κ3) is 2.81. The molecule has 0 bridgehead atoms. The van der Waals surface area contributed by atoms with Gasteiger partial charge in [0.25, 0.3) is 5.88 Å². The summed E-state index contributed by atoms with van der Waals surface area (Å²) in [6, 6.07) is 6.92. The maximum absolute atomic E-state index is 12.6. The molecule has 1 heterocycles. The second-order valence-corrected chi connectivity index (χ2v) is 3.25. The molecule has 88 valence electrons. The van der Waals surface area contributed by atoms with Crippen LogP contribution in [0.3, 0.4) is 0 Å². The zero-order chi connectivity index (χ0) is 12.3. The van der Waals surface area contributed by atoms with Crippen molar-refractivity contribution in [2.24, 2.45) is 0 Å². The number of halogens is 1. The second kappa shape index (κ2) is 4.65. The predicted molar refractivity (Wildman–Crippen MR) is 54.2 cm³/mol. The lowest BCUT2D eigenvalue weighted by atomic mass is 10.2. The summed E-state index contributed by atoms with van der Waals surface area (Å²) in [6.45, 7) is 0.159. The molecule has 2 rings (SSSR count). The minimum atomic E-state index is -1.21. The average Bonchev–Trinajstić information content (AvgIpc) is 2.77. The van der Waals surface area contributed by atoms with Gasteiger partial charge in [0.05, 0.1) is 6.07 Å². The van der Waals surface area contributed by atoms with Crippen LogP contribution in [-0.2, 0) is 6.61 Å². The van der Waals surface area contributed by atoms with E-state index in [0.717, 1.165) is 5.56 Å². The summed E-state index contributed by atoms with van der Waals surface area (Å²) in [5.74, 6) is -1.76. The molecule has 1 aromatic heterocycles. The van der Waals surface area contributed by atoms with Crippen LogP contribution in [0.5, 0.6) is 5.88 Å². The zero-order valence-corrected chi connectivity index (χ0v) is 8.59. The van der Waals surface area contributed by atoms with Crippen LogP contribution in [0.25, 0.3) is 0 Å². The maximum Gasteiger partial charge on any atom is 0.374 e. The number of benzene rings is 1. The highest BCUT2D eigenvalue weighted by Gasteiger charge is 2.11. The normalized spacial score (nSPS) is 10.2. The number of nitrogens with zero attached hydrogens (tertiary/aromatic N) is 1. The highest BCUT2D eigenvalue weighted by Crippen LogP contribution is 2.13. The van der Waals surface area contributed by atoms with Gasteiger partial charge < -0.3 is 14.4 Å². The maximum atomic E-state index is 12.6. The molecule has 0 unspecified atom stereocenters. The fraction of sp³-hybridized carbons (Fsp3) is 0.0909. The zero-order valence-electron chi connectivity index (χ0n) is 8.59. The molecule has 0 aliphatic heterocycles. The highest BCUT2D eigenvalue weighted by molar-refractivity contribution is 5.84. The number of aromatic nitrogens is 1. The summed E-state index contributed by atoms with van der Waals surface area (Å²) < 4.78 is 22.3. The van der Waals surface area contributed by atoms with E-state index in [0.29, 0.717) is 0 Å². The van der Waals surface area contributed by atoms with E-state index in [9.17, 15) is 9.18 Å². The minimum Gasteiger partial charge on any atom is -0.475 e. The van der Waals surface area contributed by atoms with Crippen molar-refractivity contribution < 1.29 is 23.6 Å². The van der Waals surface area contributed by atoms with Crippen LogP contribution in [-0.4, -0.2) is 16.2 Å². The van der Waals surface area contributed by atoms with Crippen LogP contribution in [0.1, 0.15) is 16.1 Å². The quantitative estimate of drug-likeness (QED) is 0.881. The van der Waals surface area contributed by atoms with Crippen LogP contribution < -0.4 is 4.74 Å². The Morgan fingerprint density at radius 1 is 1.41 bits per heavy atom. The topological polar surface area (TPSA) is 72.6 Å². The molecule has 0 aliphatic rings. The fourth-order valence-corrected chi connectivity index (χ4v) is 1.17. The number of carboxylic acid groups (broad SMARTS) is 1. The van der Waals surface area contributed by atoms with Crippen molar-refractivity contribution >= 4 is 5.97 Å². The van der Waals surface area contributed by atoms with Gasteiger partial charge in [0, 0.05) is 0 Å². The van der Waals surface area contributed by atoms with Crippen LogP contribution in [0.15, 0.2) is 34.9 Å². The minimum absolute atomic E-state index is 0.0757. The SMILES string of the molecule is O=C(O)c1cc(OCc2ccc(F)cc2)no1. The number of aromatic carboxylic acids is 1. The largest absolute Gasteiger partial charge is 0.475 e. The molecule has 17 heavy (non-hydrogen) atoms. The van der Waals surface area contributed by atoms with Crippen molar-refractivity contribution in [3.05, 3.63) is 47.5 Å². The lowest BCUT2D eigenvalue weighted by Crippen LogP contribution is -1.95. The van der Waals surface area contributed by atoms with Crippen LogP contribution in [0.4, 0.5) is 4.39 Å². The summed E-state index contributed by atoms with van der Waals surface area (Å²) >= 11 is 0. The third-order valence-corrected chi connectivity index (χ3v) is 2.00. The first-order chi connectivity index (χ1) is 8.15. The summed E-state index contributed by atoms with van der Waals surface area (Å²) in [6.07, 6.45) is 0. The van der Waals surface area contributed by atoms with E-state index in [1.807, 2.05) is 0 Å². The van der Waals surface area contributed by atoms with Crippen molar-refractivity contribution in [1.82, 2.24) is 5.16 Å². The number of hydrogen-bond donors (Lipinski definition) is 1. The molecule has 0 atom stereocenters. The van der Waals surface area contributed by atoms with Gasteiger partial charge in [0.1, 0.15) is 12.4 Å². The summed E-state index contributed by atoms with van der Waals surface area (Å²) in [5.41, 5.74) is 0.742. The van der Waals surface area contributed by atoms with Gasteiger partial charge in [-0.05, 0) is 22.9 Å². The van der Waals surface area contributed by atoms with Crippen molar-refractivity contribution in [3.63, 3.8) is 0 Å². The van der Waals surface area contributed by atoms with E-state index in [1.54, 1.807) is 12.1 Å². The Morgan fingerprint density at radius 3 is 2.71 bits per heavy atom. The second-order valence-electron chi connectivity index (χ2n) is 3.25. The molecule has 1 aromatic carbocycles. The first kappa shape index (κ1) is 11.1. The molecule has 0 amide bonds. The van der Waals surface area contributed by atoms with Gasteiger partial charge in [0.2, 0.25) is 5.76 Å². The molecule has 0 saturated carbocycles. The van der Waals surface area contributed by atoms with Gasteiger partial charge in [-0.2, -0.15) is 0 Å². The molecule has 6 heteroatoms. The van der Waals surface area contributed by atoms with E-state index >= 15 is 0 Å². The van der Waals surface area contributed by atoms with Crippen molar-refractivity contribution in [1.29, 1.82) is 0 Å². The molecule has 1 N–H and O–H groups in total. The lowest BCUT2D eigenvalue weighted by Gasteiger charge is -2.01. The molecule has 0 spiro atoms. The Labute approximate surface area is 95.4 Å². The van der Waals surface area contributed by atoms with Crippen molar-refractivity contribution in [2.75, 3.05) is 0 Å². The van der Waals surface area contributed by atoms with Gasteiger partial charge >= 0.3 is 5.97 Å².